The molecule has 1 aliphatic rings. The van der Waals surface area contributed by atoms with Crippen LogP contribution in [0.2, 0.25) is 0 Å². The molecule has 1 aliphatic heterocycles. The minimum absolute atomic E-state index is 0.310. The molecule has 0 aliphatic carbocycles. The number of nitrogens with one attached hydrogen (secondary N) is 1. The summed E-state index contributed by atoms with van der Waals surface area (Å²) in [5.41, 5.74) is 6.79. The number of amides is 2. The van der Waals surface area contributed by atoms with Crippen molar-refractivity contribution in [1.29, 1.82) is 0 Å². The third kappa shape index (κ3) is 4.80. The highest BCUT2D eigenvalue weighted by Gasteiger charge is 2.36. The minimum atomic E-state index is -1.47. The maximum Gasteiger partial charge on any atom is 0.326 e. The van der Waals surface area contributed by atoms with E-state index in [1.165, 1.54) is 11.8 Å². The van der Waals surface area contributed by atoms with E-state index in [2.05, 4.69) is 5.32 Å². The summed E-state index contributed by atoms with van der Waals surface area (Å²) < 4.78 is 0. The second-order valence-corrected chi connectivity index (χ2v) is 6.56. The van der Waals surface area contributed by atoms with Crippen LogP contribution in [-0.2, 0) is 20.8 Å². The van der Waals surface area contributed by atoms with Crippen LogP contribution in [0.15, 0.2) is 30.3 Å². The van der Waals surface area contributed by atoms with Gasteiger partial charge in [0, 0.05) is 12.6 Å². The van der Waals surface area contributed by atoms with Gasteiger partial charge < -0.3 is 26.2 Å². The van der Waals surface area contributed by atoms with Gasteiger partial charge in [-0.3, -0.25) is 9.59 Å². The highest BCUT2D eigenvalue weighted by Crippen LogP contribution is 2.18. The molecule has 8 heteroatoms. The van der Waals surface area contributed by atoms with E-state index in [4.69, 9.17) is 10.8 Å². The molecular formula is C18H25N3O5. The topological polar surface area (TPSA) is 133 Å². The molecule has 26 heavy (non-hydrogen) atoms. The van der Waals surface area contributed by atoms with E-state index in [1.807, 2.05) is 30.3 Å². The number of aliphatic hydroxyl groups is 1. The number of aliphatic hydroxyl groups excluding tert-OH is 1. The van der Waals surface area contributed by atoms with Crippen molar-refractivity contribution < 1.29 is 24.6 Å². The van der Waals surface area contributed by atoms with Crippen molar-refractivity contribution in [3.63, 3.8) is 0 Å². The molecule has 1 saturated heterocycles. The highest BCUT2D eigenvalue weighted by atomic mass is 16.4. The fraction of sp³-hybridized carbons (Fsp3) is 0.500. The lowest BCUT2D eigenvalue weighted by Gasteiger charge is -2.26. The maximum absolute atomic E-state index is 12.4. The monoisotopic (exact) mass is 363 g/mol. The molecule has 0 radical (unpaired) electrons. The number of likely N-dealkylation sites (tertiary alicyclic amines) is 1. The minimum Gasteiger partial charge on any atom is -0.480 e. The second kappa shape index (κ2) is 8.77. The Bertz CT molecular complexity index is 651. The summed E-state index contributed by atoms with van der Waals surface area (Å²) in [6, 6.07) is 6.58. The molecule has 4 atom stereocenters. The zero-order chi connectivity index (χ0) is 19.3. The Morgan fingerprint density at radius 1 is 1.31 bits per heavy atom. The number of benzene rings is 1. The first-order valence-corrected chi connectivity index (χ1v) is 8.62. The molecule has 2 amide bonds. The van der Waals surface area contributed by atoms with E-state index in [9.17, 15) is 19.5 Å². The van der Waals surface area contributed by atoms with Gasteiger partial charge >= 0.3 is 5.97 Å². The zero-order valence-electron chi connectivity index (χ0n) is 14.7. The van der Waals surface area contributed by atoms with Crippen LogP contribution in [0, 0.1) is 0 Å². The molecule has 2 unspecified atom stereocenters. The number of hydrogen-bond acceptors (Lipinski definition) is 5. The van der Waals surface area contributed by atoms with Crippen LogP contribution in [0.3, 0.4) is 0 Å². The molecule has 142 valence electrons. The van der Waals surface area contributed by atoms with Crippen LogP contribution >= 0.6 is 0 Å². The molecule has 0 spiro atoms. The lowest BCUT2D eigenvalue weighted by atomic mass is 10.0. The Labute approximate surface area is 152 Å². The zero-order valence-corrected chi connectivity index (χ0v) is 14.7. The van der Waals surface area contributed by atoms with Gasteiger partial charge in [-0.1, -0.05) is 30.3 Å². The van der Waals surface area contributed by atoms with Gasteiger partial charge in [-0.2, -0.15) is 0 Å². The van der Waals surface area contributed by atoms with Gasteiger partial charge in [-0.05, 0) is 31.7 Å². The molecule has 1 heterocycles. The first kappa shape index (κ1) is 19.9. The smallest absolute Gasteiger partial charge is 0.326 e. The van der Waals surface area contributed by atoms with E-state index in [0.717, 1.165) is 5.56 Å². The number of carbonyl (C=O) groups is 3. The molecule has 1 aromatic rings. The fourth-order valence-corrected chi connectivity index (χ4v) is 3.09. The quantitative estimate of drug-likeness (QED) is 0.516. The van der Waals surface area contributed by atoms with Gasteiger partial charge in [0.25, 0.3) is 5.91 Å². The van der Waals surface area contributed by atoms with E-state index in [-0.39, 0.29) is 0 Å². The summed E-state index contributed by atoms with van der Waals surface area (Å²) in [6.45, 7) is 1.80. The van der Waals surface area contributed by atoms with Crippen molar-refractivity contribution >= 4 is 17.8 Å². The highest BCUT2D eigenvalue weighted by molar-refractivity contribution is 5.91. The second-order valence-electron chi connectivity index (χ2n) is 6.56. The first-order valence-electron chi connectivity index (χ1n) is 8.62. The maximum atomic E-state index is 12.4. The Hall–Kier alpha value is -2.45. The number of aliphatic carboxylic acids is 1. The normalized spacial score (nSPS) is 20.3. The lowest BCUT2D eigenvalue weighted by Crippen LogP contribution is -2.54. The molecule has 0 aromatic heterocycles. The van der Waals surface area contributed by atoms with Crippen LogP contribution in [0.25, 0.3) is 0 Å². The summed E-state index contributed by atoms with van der Waals surface area (Å²) in [4.78, 5) is 37.1. The summed E-state index contributed by atoms with van der Waals surface area (Å²) in [6.07, 6.45) is -0.162. The number of hydrogen-bond donors (Lipinski definition) is 4. The lowest BCUT2D eigenvalue weighted by molar-refractivity contribution is -0.149. The number of carboxylic acid groups (broad SMARTS) is 1. The van der Waals surface area contributed by atoms with Crippen LogP contribution < -0.4 is 11.1 Å². The van der Waals surface area contributed by atoms with Gasteiger partial charge in [-0.25, -0.2) is 4.79 Å². The molecule has 0 bridgehead atoms. The van der Waals surface area contributed by atoms with Crippen molar-refractivity contribution in [3.8, 4) is 0 Å². The molecule has 0 saturated carbocycles. The molecule has 1 fully saturated rings. The number of carboxylic acids is 1. The Kier molecular flexibility index (Phi) is 6.70. The molecule has 2 rings (SSSR count). The number of rotatable bonds is 7. The average molecular weight is 363 g/mol. The molecule has 8 nitrogen and oxygen atoms in total. The molecular weight excluding hydrogens is 338 g/mol. The average Bonchev–Trinajstić information content (AvgIpc) is 3.11. The fourth-order valence-electron chi connectivity index (χ4n) is 3.09. The van der Waals surface area contributed by atoms with Crippen LogP contribution in [0.1, 0.15) is 25.3 Å². The number of nitrogens with two attached hydrogens (primary N) is 1. The van der Waals surface area contributed by atoms with Crippen molar-refractivity contribution in [1.82, 2.24) is 10.2 Å². The van der Waals surface area contributed by atoms with Crippen molar-refractivity contribution in [2.24, 2.45) is 5.73 Å². The van der Waals surface area contributed by atoms with Crippen molar-refractivity contribution in [3.05, 3.63) is 35.9 Å². The predicted octanol–water partition coefficient (Wildman–Crippen LogP) is -0.502. The summed E-state index contributed by atoms with van der Waals surface area (Å²) >= 11 is 0. The van der Waals surface area contributed by atoms with E-state index in [1.54, 1.807) is 0 Å². The van der Waals surface area contributed by atoms with E-state index < -0.39 is 42.0 Å². The van der Waals surface area contributed by atoms with Crippen molar-refractivity contribution in [2.75, 3.05) is 6.54 Å². The Morgan fingerprint density at radius 3 is 2.58 bits per heavy atom. The van der Waals surface area contributed by atoms with E-state index >= 15 is 0 Å². The largest absolute Gasteiger partial charge is 0.480 e. The number of carbonyl (C=O) groups excluding carboxylic acids is 2. The number of nitrogens with zero attached hydrogens (tertiary/aromatic N) is 1. The van der Waals surface area contributed by atoms with E-state index in [0.29, 0.717) is 25.8 Å². The summed E-state index contributed by atoms with van der Waals surface area (Å²) in [5.74, 6) is -2.29. The first-order chi connectivity index (χ1) is 12.3. The van der Waals surface area contributed by atoms with Crippen molar-refractivity contribution in [2.45, 2.75) is 50.4 Å². The predicted molar refractivity (Wildman–Crippen MR) is 94.1 cm³/mol. The van der Waals surface area contributed by atoms with Gasteiger partial charge in [0.05, 0.1) is 0 Å². The van der Waals surface area contributed by atoms with Gasteiger partial charge in [0.2, 0.25) is 5.91 Å². The third-order valence-corrected chi connectivity index (χ3v) is 4.54. The Balaban J connectivity index is 1.91. The van der Waals surface area contributed by atoms with Crippen LogP contribution in [0.4, 0.5) is 0 Å². The molecule has 5 N–H and O–H groups in total. The Morgan fingerprint density at radius 2 is 1.96 bits per heavy atom. The van der Waals surface area contributed by atoms with Crippen LogP contribution in [0.5, 0.6) is 0 Å². The van der Waals surface area contributed by atoms with Gasteiger partial charge in [0.15, 0.2) is 0 Å². The third-order valence-electron chi connectivity index (χ3n) is 4.54. The standard InChI is InChI=1S/C18H25N3O5/c1-11(17(24)21-9-5-8-14(21)18(25)26)20-16(23)15(22)13(19)10-12-6-3-2-4-7-12/h2-4,6-7,11,13-15,22H,5,8-10,19H2,1H3,(H,20,23)(H,25,26)/t11-,13?,14-,15?/m0/s1. The van der Waals surface area contributed by atoms with Crippen LogP contribution in [-0.4, -0.2) is 63.7 Å². The van der Waals surface area contributed by atoms with Gasteiger partial charge in [-0.15, -0.1) is 0 Å². The SMILES string of the molecule is C[C@H](NC(=O)C(O)C(N)Cc1ccccc1)C(=O)N1CCC[C@H]1C(=O)O. The summed E-state index contributed by atoms with van der Waals surface area (Å²) in [7, 11) is 0. The van der Waals surface area contributed by atoms with Gasteiger partial charge in [0.1, 0.15) is 18.2 Å². The molecule has 1 aromatic carbocycles. The summed E-state index contributed by atoms with van der Waals surface area (Å²) in [5, 5.41) is 21.7.